The molecule has 0 aliphatic heterocycles. The van der Waals surface area contributed by atoms with Crippen LogP contribution in [0, 0.1) is 5.82 Å². The third kappa shape index (κ3) is 5.69. The number of aliphatic imine (C=N–C) groups is 1. The van der Waals surface area contributed by atoms with E-state index in [1.807, 2.05) is 22.6 Å². The molecule has 1 N–H and O–H groups in total. The number of hydrogen-bond donors (Lipinski definition) is 1. The minimum Gasteiger partial charge on any atom is -0.356 e. The number of unbranched alkanes of at least 4 members (excludes halogenated alkanes) is 1. The Hall–Kier alpha value is -2.44. The molecule has 0 amide bonds. The minimum absolute atomic E-state index is 0.215. The van der Waals surface area contributed by atoms with E-state index in [2.05, 4.69) is 20.5 Å². The zero-order valence-electron chi connectivity index (χ0n) is 13.6. The van der Waals surface area contributed by atoms with E-state index in [1.165, 1.54) is 6.07 Å². The quantitative estimate of drug-likeness (QED) is 0.481. The van der Waals surface area contributed by atoms with Gasteiger partial charge in [0, 0.05) is 33.7 Å². The molecule has 7 heteroatoms. The number of halogens is 1. The van der Waals surface area contributed by atoms with Crippen LogP contribution in [0.5, 0.6) is 0 Å². The predicted octanol–water partition coefficient (Wildman–Crippen LogP) is 1.90. The molecule has 1 aromatic heterocycles. The molecular formula is C16H23FN6. The Balaban J connectivity index is 1.71. The average molecular weight is 318 g/mol. The van der Waals surface area contributed by atoms with E-state index in [0.717, 1.165) is 37.5 Å². The standard InChI is InChI=1S/C16H23FN6/c1-18-16(19-8-3-4-9-23-12-20-21-13-23)22(2)11-14-6-5-7-15(17)10-14/h5-7,10,12-13H,3-4,8-9,11H2,1-2H3,(H,18,19). The van der Waals surface area contributed by atoms with Crippen LogP contribution in [0.2, 0.25) is 0 Å². The van der Waals surface area contributed by atoms with Crippen LogP contribution in [0.1, 0.15) is 18.4 Å². The van der Waals surface area contributed by atoms with Crippen LogP contribution in [-0.2, 0) is 13.1 Å². The van der Waals surface area contributed by atoms with Crippen molar-refractivity contribution >= 4 is 5.96 Å². The highest BCUT2D eigenvalue weighted by atomic mass is 19.1. The maximum absolute atomic E-state index is 13.2. The molecule has 0 fully saturated rings. The number of rotatable bonds is 7. The molecule has 0 saturated heterocycles. The van der Waals surface area contributed by atoms with Crippen LogP contribution >= 0.6 is 0 Å². The van der Waals surface area contributed by atoms with Crippen LogP contribution in [0.4, 0.5) is 4.39 Å². The van der Waals surface area contributed by atoms with Crippen LogP contribution in [0.25, 0.3) is 0 Å². The van der Waals surface area contributed by atoms with Gasteiger partial charge in [0.2, 0.25) is 0 Å². The molecule has 1 aromatic carbocycles. The lowest BCUT2D eigenvalue weighted by atomic mass is 10.2. The zero-order chi connectivity index (χ0) is 16.5. The first-order valence-corrected chi connectivity index (χ1v) is 7.67. The Morgan fingerprint density at radius 3 is 2.78 bits per heavy atom. The molecule has 2 aromatic rings. The number of hydrogen-bond acceptors (Lipinski definition) is 3. The summed E-state index contributed by atoms with van der Waals surface area (Å²) in [6, 6.07) is 6.63. The van der Waals surface area contributed by atoms with E-state index in [1.54, 1.807) is 31.8 Å². The molecule has 2 rings (SSSR count). The Morgan fingerprint density at radius 1 is 1.30 bits per heavy atom. The maximum Gasteiger partial charge on any atom is 0.193 e. The van der Waals surface area contributed by atoms with Crippen molar-refractivity contribution in [2.24, 2.45) is 4.99 Å². The summed E-state index contributed by atoms with van der Waals surface area (Å²) in [6.45, 7) is 2.35. The number of nitrogens with zero attached hydrogens (tertiary/aromatic N) is 5. The summed E-state index contributed by atoms with van der Waals surface area (Å²) < 4.78 is 15.2. The summed E-state index contributed by atoms with van der Waals surface area (Å²) >= 11 is 0. The van der Waals surface area contributed by atoms with Crippen molar-refractivity contribution in [1.82, 2.24) is 25.0 Å². The fraction of sp³-hybridized carbons (Fsp3) is 0.438. The normalized spacial score (nSPS) is 11.5. The smallest absolute Gasteiger partial charge is 0.193 e. The van der Waals surface area contributed by atoms with E-state index >= 15 is 0 Å². The second-order valence-electron chi connectivity index (χ2n) is 5.37. The minimum atomic E-state index is -0.215. The molecule has 6 nitrogen and oxygen atoms in total. The highest BCUT2D eigenvalue weighted by Gasteiger charge is 2.06. The highest BCUT2D eigenvalue weighted by molar-refractivity contribution is 5.79. The third-order valence-electron chi connectivity index (χ3n) is 3.47. The zero-order valence-corrected chi connectivity index (χ0v) is 13.6. The van der Waals surface area contributed by atoms with E-state index in [0.29, 0.717) is 6.54 Å². The van der Waals surface area contributed by atoms with Crippen molar-refractivity contribution < 1.29 is 4.39 Å². The monoisotopic (exact) mass is 318 g/mol. The molecule has 0 atom stereocenters. The van der Waals surface area contributed by atoms with Crippen molar-refractivity contribution in [2.75, 3.05) is 20.6 Å². The van der Waals surface area contributed by atoms with E-state index < -0.39 is 0 Å². The SMILES string of the molecule is CN=C(NCCCCn1cnnc1)N(C)Cc1cccc(F)c1. The van der Waals surface area contributed by atoms with Gasteiger partial charge >= 0.3 is 0 Å². The molecule has 0 unspecified atom stereocenters. The van der Waals surface area contributed by atoms with Crippen molar-refractivity contribution in [1.29, 1.82) is 0 Å². The first-order valence-electron chi connectivity index (χ1n) is 7.67. The van der Waals surface area contributed by atoms with E-state index in [4.69, 9.17) is 0 Å². The van der Waals surface area contributed by atoms with Gasteiger partial charge in [0.15, 0.2) is 5.96 Å². The topological polar surface area (TPSA) is 58.3 Å². The number of aryl methyl sites for hydroxylation is 1. The lowest BCUT2D eigenvalue weighted by molar-refractivity contribution is 0.471. The van der Waals surface area contributed by atoms with Gasteiger partial charge in [-0.05, 0) is 30.5 Å². The van der Waals surface area contributed by atoms with Gasteiger partial charge in [-0.25, -0.2) is 4.39 Å². The number of nitrogens with one attached hydrogen (secondary N) is 1. The molecule has 0 aliphatic carbocycles. The largest absolute Gasteiger partial charge is 0.356 e. The van der Waals surface area contributed by atoms with Gasteiger partial charge < -0.3 is 14.8 Å². The van der Waals surface area contributed by atoms with Gasteiger partial charge in [0.1, 0.15) is 18.5 Å². The summed E-state index contributed by atoms with van der Waals surface area (Å²) in [5, 5.41) is 10.9. The summed E-state index contributed by atoms with van der Waals surface area (Å²) in [4.78, 5) is 6.25. The van der Waals surface area contributed by atoms with E-state index in [-0.39, 0.29) is 5.82 Å². The first-order chi connectivity index (χ1) is 11.2. The van der Waals surface area contributed by atoms with E-state index in [9.17, 15) is 4.39 Å². The van der Waals surface area contributed by atoms with Crippen LogP contribution < -0.4 is 5.32 Å². The van der Waals surface area contributed by atoms with Crippen molar-refractivity contribution in [3.8, 4) is 0 Å². The van der Waals surface area contributed by atoms with Gasteiger partial charge in [-0.2, -0.15) is 0 Å². The summed E-state index contributed by atoms with van der Waals surface area (Å²) in [6.07, 6.45) is 5.50. The van der Waals surface area contributed by atoms with Crippen LogP contribution in [0.3, 0.4) is 0 Å². The van der Waals surface area contributed by atoms with Gasteiger partial charge in [0.05, 0.1) is 0 Å². The maximum atomic E-state index is 13.2. The van der Waals surface area contributed by atoms with Gasteiger partial charge in [-0.1, -0.05) is 12.1 Å². The third-order valence-corrected chi connectivity index (χ3v) is 3.47. The second-order valence-corrected chi connectivity index (χ2v) is 5.37. The second kappa shape index (κ2) is 8.87. The Bertz CT molecular complexity index is 611. The molecule has 23 heavy (non-hydrogen) atoms. The Labute approximate surface area is 136 Å². The van der Waals surface area contributed by atoms with Gasteiger partial charge in [-0.15, -0.1) is 10.2 Å². The fourth-order valence-electron chi connectivity index (χ4n) is 2.33. The fourth-order valence-corrected chi connectivity index (χ4v) is 2.33. The summed E-state index contributed by atoms with van der Waals surface area (Å²) in [5.41, 5.74) is 0.919. The molecule has 0 spiro atoms. The first kappa shape index (κ1) is 16.9. The van der Waals surface area contributed by atoms with Crippen molar-refractivity contribution in [3.05, 3.63) is 48.3 Å². The molecular weight excluding hydrogens is 295 g/mol. The molecule has 124 valence electrons. The van der Waals surface area contributed by atoms with Crippen molar-refractivity contribution in [2.45, 2.75) is 25.9 Å². The molecule has 1 heterocycles. The van der Waals surface area contributed by atoms with Gasteiger partial charge in [0.25, 0.3) is 0 Å². The Kier molecular flexibility index (Phi) is 6.53. The average Bonchev–Trinajstić information content (AvgIpc) is 3.04. The van der Waals surface area contributed by atoms with Crippen LogP contribution in [-0.4, -0.2) is 46.3 Å². The lowest BCUT2D eigenvalue weighted by Crippen LogP contribution is -2.38. The Morgan fingerprint density at radius 2 is 2.09 bits per heavy atom. The number of guanidine groups is 1. The predicted molar refractivity (Wildman–Crippen MR) is 88.5 cm³/mol. The molecule has 0 aliphatic rings. The summed E-state index contributed by atoms with van der Waals surface area (Å²) in [7, 11) is 3.69. The van der Waals surface area contributed by atoms with Crippen molar-refractivity contribution in [3.63, 3.8) is 0 Å². The van der Waals surface area contributed by atoms with Gasteiger partial charge in [-0.3, -0.25) is 4.99 Å². The lowest BCUT2D eigenvalue weighted by Gasteiger charge is -2.22. The highest BCUT2D eigenvalue weighted by Crippen LogP contribution is 2.06. The molecule has 0 bridgehead atoms. The molecule has 0 saturated carbocycles. The molecule has 0 radical (unpaired) electrons. The number of aromatic nitrogens is 3. The van der Waals surface area contributed by atoms with Crippen LogP contribution in [0.15, 0.2) is 41.9 Å². The summed E-state index contributed by atoms with van der Waals surface area (Å²) in [5.74, 6) is 0.589. The number of benzene rings is 1.